The molecule has 1 fully saturated rings. The zero-order chi connectivity index (χ0) is 14.1. The number of nitrogens with zero attached hydrogens (tertiary/aromatic N) is 1. The molecule has 1 N–H and O–H groups in total. The molecule has 1 atom stereocenters. The molecule has 3 nitrogen and oxygen atoms in total. The molecule has 1 unspecified atom stereocenters. The zero-order valence-electron chi connectivity index (χ0n) is 12.9. The highest BCUT2D eigenvalue weighted by atomic mass is 16.5. The van der Waals surface area contributed by atoms with Crippen molar-refractivity contribution in [3.63, 3.8) is 0 Å². The molecule has 1 saturated carbocycles. The molecule has 1 aliphatic rings. The van der Waals surface area contributed by atoms with Crippen LogP contribution in [-0.2, 0) is 4.74 Å². The Morgan fingerprint density at radius 3 is 2.53 bits per heavy atom. The summed E-state index contributed by atoms with van der Waals surface area (Å²) >= 11 is 0. The minimum atomic E-state index is -0.366. The first-order valence-electron chi connectivity index (χ1n) is 7.87. The first kappa shape index (κ1) is 16.5. The number of nitriles is 1. The van der Waals surface area contributed by atoms with Gasteiger partial charge in [-0.1, -0.05) is 13.8 Å². The van der Waals surface area contributed by atoms with Gasteiger partial charge in [-0.3, -0.25) is 5.32 Å². The Morgan fingerprint density at radius 2 is 1.95 bits per heavy atom. The number of rotatable bonds is 8. The topological polar surface area (TPSA) is 45.0 Å². The zero-order valence-corrected chi connectivity index (χ0v) is 12.9. The predicted molar refractivity (Wildman–Crippen MR) is 78.9 cm³/mol. The largest absolute Gasteiger partial charge is 0.378 e. The van der Waals surface area contributed by atoms with E-state index in [4.69, 9.17) is 10.00 Å². The van der Waals surface area contributed by atoms with Gasteiger partial charge in [-0.25, -0.2) is 0 Å². The van der Waals surface area contributed by atoms with Gasteiger partial charge in [-0.05, 0) is 64.3 Å². The molecule has 3 heteroatoms. The van der Waals surface area contributed by atoms with Crippen molar-refractivity contribution in [2.75, 3.05) is 13.2 Å². The van der Waals surface area contributed by atoms with E-state index in [1.54, 1.807) is 0 Å². The molecule has 19 heavy (non-hydrogen) atoms. The molecular formula is C16H30N2O. The van der Waals surface area contributed by atoms with Gasteiger partial charge in [0.25, 0.3) is 0 Å². The van der Waals surface area contributed by atoms with Crippen LogP contribution in [0.4, 0.5) is 0 Å². The van der Waals surface area contributed by atoms with Crippen molar-refractivity contribution in [2.24, 2.45) is 5.92 Å². The molecule has 0 saturated heterocycles. The number of hydrogen-bond donors (Lipinski definition) is 1. The highest BCUT2D eigenvalue weighted by molar-refractivity contribution is 5.03. The van der Waals surface area contributed by atoms with Crippen molar-refractivity contribution in [2.45, 2.75) is 77.4 Å². The van der Waals surface area contributed by atoms with E-state index in [-0.39, 0.29) is 5.54 Å². The standard InChI is InChI=1S/C16H30N2O/c1-4-18-16(3,13-17)11-5-6-12-19-15-9-7-14(2)8-10-15/h14-15,18H,4-12H2,1-3H3. The van der Waals surface area contributed by atoms with E-state index >= 15 is 0 Å². The van der Waals surface area contributed by atoms with Crippen molar-refractivity contribution in [1.82, 2.24) is 5.32 Å². The lowest BCUT2D eigenvalue weighted by molar-refractivity contribution is 0.0175. The van der Waals surface area contributed by atoms with Crippen LogP contribution in [0.2, 0.25) is 0 Å². The summed E-state index contributed by atoms with van der Waals surface area (Å²) in [6.07, 6.45) is 8.61. The first-order valence-corrected chi connectivity index (χ1v) is 7.87. The van der Waals surface area contributed by atoms with Crippen molar-refractivity contribution >= 4 is 0 Å². The SMILES string of the molecule is CCNC(C)(C#N)CCCCOC1CCC(C)CC1. The summed E-state index contributed by atoms with van der Waals surface area (Å²) in [5.41, 5.74) is -0.366. The number of nitrogens with one attached hydrogen (secondary N) is 1. The lowest BCUT2D eigenvalue weighted by atomic mass is 9.89. The monoisotopic (exact) mass is 266 g/mol. The van der Waals surface area contributed by atoms with Crippen LogP contribution in [0.5, 0.6) is 0 Å². The maximum atomic E-state index is 9.16. The smallest absolute Gasteiger partial charge is 0.103 e. The highest BCUT2D eigenvalue weighted by Crippen LogP contribution is 2.25. The van der Waals surface area contributed by atoms with Crippen LogP contribution >= 0.6 is 0 Å². The van der Waals surface area contributed by atoms with Gasteiger partial charge < -0.3 is 4.74 Å². The molecule has 1 aliphatic carbocycles. The van der Waals surface area contributed by atoms with E-state index in [1.165, 1.54) is 25.7 Å². The first-order chi connectivity index (χ1) is 9.09. The molecule has 0 aromatic rings. The Morgan fingerprint density at radius 1 is 1.26 bits per heavy atom. The van der Waals surface area contributed by atoms with E-state index in [0.717, 1.165) is 38.3 Å². The molecule has 110 valence electrons. The summed E-state index contributed by atoms with van der Waals surface area (Å²) < 4.78 is 5.94. The minimum Gasteiger partial charge on any atom is -0.378 e. The van der Waals surface area contributed by atoms with Gasteiger partial charge in [0.1, 0.15) is 5.54 Å². The number of hydrogen-bond acceptors (Lipinski definition) is 3. The molecule has 0 radical (unpaired) electrons. The second-order valence-electron chi connectivity index (χ2n) is 6.18. The Bertz CT molecular complexity index is 279. The van der Waals surface area contributed by atoms with Crippen LogP contribution in [0, 0.1) is 17.2 Å². The van der Waals surface area contributed by atoms with Gasteiger partial charge in [0.15, 0.2) is 0 Å². The fourth-order valence-electron chi connectivity index (χ4n) is 2.80. The maximum absolute atomic E-state index is 9.16. The number of unbranched alkanes of at least 4 members (excludes halogenated alkanes) is 1. The van der Waals surface area contributed by atoms with Crippen LogP contribution in [0.25, 0.3) is 0 Å². The summed E-state index contributed by atoms with van der Waals surface area (Å²) in [4.78, 5) is 0. The molecule has 0 heterocycles. The molecule has 0 spiro atoms. The third-order valence-corrected chi connectivity index (χ3v) is 4.20. The van der Waals surface area contributed by atoms with Gasteiger partial charge in [-0.2, -0.15) is 5.26 Å². The molecule has 0 aliphatic heterocycles. The highest BCUT2D eigenvalue weighted by Gasteiger charge is 2.21. The Kier molecular flexibility index (Phi) is 7.41. The van der Waals surface area contributed by atoms with Crippen LogP contribution in [0.1, 0.15) is 65.7 Å². The lowest BCUT2D eigenvalue weighted by Gasteiger charge is -2.26. The summed E-state index contributed by atoms with van der Waals surface area (Å²) in [5.74, 6) is 0.885. The third-order valence-electron chi connectivity index (χ3n) is 4.20. The van der Waals surface area contributed by atoms with E-state index in [2.05, 4.69) is 18.3 Å². The molecule has 0 amide bonds. The summed E-state index contributed by atoms with van der Waals surface area (Å²) in [7, 11) is 0. The van der Waals surface area contributed by atoms with E-state index in [1.807, 2.05) is 13.8 Å². The molecule has 0 bridgehead atoms. The van der Waals surface area contributed by atoms with Crippen molar-refractivity contribution < 1.29 is 4.74 Å². The third kappa shape index (κ3) is 6.40. The van der Waals surface area contributed by atoms with Crippen molar-refractivity contribution in [1.29, 1.82) is 5.26 Å². The van der Waals surface area contributed by atoms with Gasteiger partial charge in [0.2, 0.25) is 0 Å². The average molecular weight is 266 g/mol. The van der Waals surface area contributed by atoms with E-state index in [0.29, 0.717) is 6.10 Å². The summed E-state index contributed by atoms with van der Waals surface area (Å²) in [6, 6.07) is 2.37. The molecular weight excluding hydrogens is 236 g/mol. The molecule has 0 aromatic carbocycles. The average Bonchev–Trinajstić information content (AvgIpc) is 2.41. The lowest BCUT2D eigenvalue weighted by Crippen LogP contribution is -2.40. The van der Waals surface area contributed by atoms with Crippen LogP contribution in [0.3, 0.4) is 0 Å². The van der Waals surface area contributed by atoms with Gasteiger partial charge in [0.05, 0.1) is 12.2 Å². The summed E-state index contributed by atoms with van der Waals surface area (Å²) in [5, 5.41) is 12.4. The van der Waals surface area contributed by atoms with E-state index in [9.17, 15) is 0 Å². The maximum Gasteiger partial charge on any atom is 0.103 e. The fraction of sp³-hybridized carbons (Fsp3) is 0.938. The Labute approximate surface area is 118 Å². The second-order valence-corrected chi connectivity index (χ2v) is 6.18. The molecule has 0 aromatic heterocycles. The van der Waals surface area contributed by atoms with Crippen LogP contribution < -0.4 is 5.32 Å². The predicted octanol–water partition coefficient (Wildman–Crippen LogP) is 3.64. The van der Waals surface area contributed by atoms with Crippen LogP contribution in [0.15, 0.2) is 0 Å². The van der Waals surface area contributed by atoms with E-state index < -0.39 is 0 Å². The summed E-state index contributed by atoms with van der Waals surface area (Å²) in [6.45, 7) is 8.07. The normalized spacial score (nSPS) is 26.6. The van der Waals surface area contributed by atoms with Gasteiger partial charge in [0, 0.05) is 6.61 Å². The Balaban J connectivity index is 2.06. The quantitative estimate of drug-likeness (QED) is 0.682. The second kappa shape index (κ2) is 8.55. The van der Waals surface area contributed by atoms with Gasteiger partial charge >= 0.3 is 0 Å². The van der Waals surface area contributed by atoms with Crippen molar-refractivity contribution in [3.05, 3.63) is 0 Å². The van der Waals surface area contributed by atoms with Gasteiger partial charge in [-0.15, -0.1) is 0 Å². The molecule has 1 rings (SSSR count). The van der Waals surface area contributed by atoms with Crippen molar-refractivity contribution in [3.8, 4) is 6.07 Å². The Hall–Kier alpha value is -0.590. The minimum absolute atomic E-state index is 0.366. The van der Waals surface area contributed by atoms with Crippen LogP contribution in [-0.4, -0.2) is 24.8 Å². The fourth-order valence-corrected chi connectivity index (χ4v) is 2.80. The number of ether oxygens (including phenoxy) is 1.